The maximum absolute atomic E-state index is 14.3. The van der Waals surface area contributed by atoms with Crippen LogP contribution in [0.4, 0.5) is 4.39 Å². The Bertz CT molecular complexity index is 804. The summed E-state index contributed by atoms with van der Waals surface area (Å²) in [7, 11) is 0. The van der Waals surface area contributed by atoms with E-state index in [9.17, 15) is 9.18 Å². The molecule has 1 heterocycles. The lowest BCUT2D eigenvalue weighted by Gasteiger charge is -2.07. The number of halogens is 1. The van der Waals surface area contributed by atoms with E-state index >= 15 is 0 Å². The van der Waals surface area contributed by atoms with E-state index in [1.54, 1.807) is 18.3 Å². The van der Waals surface area contributed by atoms with Gasteiger partial charge in [0.15, 0.2) is 0 Å². The third-order valence-corrected chi connectivity index (χ3v) is 3.47. The average Bonchev–Trinajstić information content (AvgIpc) is 2.61. The minimum atomic E-state index is -0.415. The van der Waals surface area contributed by atoms with E-state index in [4.69, 9.17) is 0 Å². The Kier molecular flexibility index (Phi) is 4.43. The van der Waals surface area contributed by atoms with Gasteiger partial charge in [-0.2, -0.15) is 0 Å². The third-order valence-electron chi connectivity index (χ3n) is 3.47. The number of amides is 1. The molecule has 3 rings (SSSR count). The molecule has 2 aromatic carbocycles. The maximum atomic E-state index is 14.3. The molecule has 0 aliphatic heterocycles. The van der Waals surface area contributed by atoms with E-state index in [1.807, 2.05) is 48.5 Å². The summed E-state index contributed by atoms with van der Waals surface area (Å²) in [5.74, 6) is -0.740. The molecule has 0 radical (unpaired) electrons. The predicted molar refractivity (Wildman–Crippen MR) is 87.2 cm³/mol. The number of hydrogen-bond acceptors (Lipinski definition) is 2. The fourth-order valence-electron chi connectivity index (χ4n) is 2.28. The topological polar surface area (TPSA) is 42.0 Å². The van der Waals surface area contributed by atoms with E-state index in [2.05, 4.69) is 10.3 Å². The molecular formula is C19H15FN2O. The summed E-state index contributed by atoms with van der Waals surface area (Å²) in [6.45, 7) is 0.307. The van der Waals surface area contributed by atoms with Gasteiger partial charge in [-0.05, 0) is 29.8 Å². The molecule has 1 amide bonds. The first kappa shape index (κ1) is 14.9. The molecule has 3 aromatic rings. The molecule has 0 saturated heterocycles. The van der Waals surface area contributed by atoms with Crippen molar-refractivity contribution in [3.8, 4) is 11.1 Å². The molecule has 0 unspecified atom stereocenters. The lowest BCUT2D eigenvalue weighted by molar-refractivity contribution is 0.0950. The van der Waals surface area contributed by atoms with Crippen molar-refractivity contribution in [2.75, 3.05) is 0 Å². The fraction of sp³-hybridized carbons (Fsp3) is 0.0526. The second kappa shape index (κ2) is 6.83. The largest absolute Gasteiger partial charge is 0.346 e. The molecule has 1 aromatic heterocycles. The van der Waals surface area contributed by atoms with E-state index in [0.29, 0.717) is 12.1 Å². The summed E-state index contributed by atoms with van der Waals surface area (Å²) in [6.07, 6.45) is 1.66. The first-order valence-electron chi connectivity index (χ1n) is 7.27. The number of pyridine rings is 1. The zero-order valence-electron chi connectivity index (χ0n) is 12.4. The SMILES string of the molecule is O=C(NCc1ccccn1)c1ccc(-c2ccccc2)c(F)c1. The molecule has 0 spiro atoms. The Hall–Kier alpha value is -3.01. The molecule has 4 heteroatoms. The lowest BCUT2D eigenvalue weighted by Crippen LogP contribution is -2.23. The minimum Gasteiger partial charge on any atom is -0.346 e. The van der Waals surface area contributed by atoms with Crippen molar-refractivity contribution in [3.63, 3.8) is 0 Å². The Morgan fingerprint density at radius 1 is 1.00 bits per heavy atom. The summed E-state index contributed by atoms with van der Waals surface area (Å²) in [5.41, 5.74) is 2.30. The first-order valence-corrected chi connectivity index (χ1v) is 7.27. The first-order chi connectivity index (χ1) is 11.2. The van der Waals surface area contributed by atoms with E-state index in [-0.39, 0.29) is 11.5 Å². The molecule has 0 aliphatic carbocycles. The van der Waals surface area contributed by atoms with Crippen LogP contribution in [0, 0.1) is 5.82 Å². The Morgan fingerprint density at radius 3 is 2.48 bits per heavy atom. The van der Waals surface area contributed by atoms with Gasteiger partial charge in [0, 0.05) is 17.3 Å². The van der Waals surface area contributed by atoms with Crippen LogP contribution in [0.3, 0.4) is 0 Å². The molecular weight excluding hydrogens is 291 g/mol. The summed E-state index contributed by atoms with van der Waals surface area (Å²) in [5, 5.41) is 2.73. The Balaban J connectivity index is 1.73. The van der Waals surface area contributed by atoms with Gasteiger partial charge in [-0.25, -0.2) is 4.39 Å². The predicted octanol–water partition coefficient (Wildman–Crippen LogP) is 3.82. The second-order valence-corrected chi connectivity index (χ2v) is 5.06. The van der Waals surface area contributed by atoms with Crippen LogP contribution in [-0.4, -0.2) is 10.9 Å². The number of hydrogen-bond donors (Lipinski definition) is 1. The molecule has 0 bridgehead atoms. The van der Waals surface area contributed by atoms with Gasteiger partial charge in [0.05, 0.1) is 12.2 Å². The minimum absolute atomic E-state index is 0.290. The van der Waals surface area contributed by atoms with Gasteiger partial charge in [0.2, 0.25) is 0 Å². The van der Waals surface area contributed by atoms with Crippen LogP contribution >= 0.6 is 0 Å². The van der Waals surface area contributed by atoms with Crippen LogP contribution in [-0.2, 0) is 6.54 Å². The molecule has 0 atom stereocenters. The van der Waals surface area contributed by atoms with Crippen LogP contribution in [0.2, 0.25) is 0 Å². The van der Waals surface area contributed by atoms with Crippen LogP contribution < -0.4 is 5.32 Å². The monoisotopic (exact) mass is 306 g/mol. The molecule has 114 valence electrons. The van der Waals surface area contributed by atoms with Gasteiger partial charge in [-0.15, -0.1) is 0 Å². The summed E-state index contributed by atoms with van der Waals surface area (Å²) >= 11 is 0. The Labute approximate surface area is 133 Å². The molecule has 3 nitrogen and oxygen atoms in total. The number of aromatic nitrogens is 1. The summed E-state index contributed by atoms with van der Waals surface area (Å²) in [4.78, 5) is 16.2. The number of carbonyl (C=O) groups is 1. The summed E-state index contributed by atoms with van der Waals surface area (Å²) < 4.78 is 14.3. The number of nitrogens with zero attached hydrogens (tertiary/aromatic N) is 1. The number of rotatable bonds is 4. The van der Waals surface area contributed by atoms with Gasteiger partial charge in [-0.3, -0.25) is 9.78 Å². The second-order valence-electron chi connectivity index (χ2n) is 5.06. The van der Waals surface area contributed by atoms with Gasteiger partial charge >= 0.3 is 0 Å². The van der Waals surface area contributed by atoms with Crippen molar-refractivity contribution in [2.45, 2.75) is 6.54 Å². The van der Waals surface area contributed by atoms with Crippen molar-refractivity contribution < 1.29 is 9.18 Å². The number of benzene rings is 2. The highest BCUT2D eigenvalue weighted by Gasteiger charge is 2.10. The van der Waals surface area contributed by atoms with Crippen LogP contribution in [0.1, 0.15) is 16.1 Å². The standard InChI is InChI=1S/C19H15FN2O/c20-18-12-15(9-10-17(18)14-6-2-1-3-7-14)19(23)22-13-16-8-4-5-11-21-16/h1-12H,13H2,(H,22,23). The van der Waals surface area contributed by atoms with Gasteiger partial charge < -0.3 is 5.32 Å². The van der Waals surface area contributed by atoms with Crippen molar-refractivity contribution in [1.29, 1.82) is 0 Å². The van der Waals surface area contributed by atoms with Crippen LogP contribution in [0.15, 0.2) is 72.9 Å². The highest BCUT2D eigenvalue weighted by molar-refractivity contribution is 5.94. The maximum Gasteiger partial charge on any atom is 0.251 e. The Morgan fingerprint density at radius 2 is 1.78 bits per heavy atom. The smallest absolute Gasteiger partial charge is 0.251 e. The molecule has 23 heavy (non-hydrogen) atoms. The van der Waals surface area contributed by atoms with E-state index in [0.717, 1.165) is 11.3 Å². The zero-order valence-corrected chi connectivity index (χ0v) is 12.4. The molecule has 0 saturated carbocycles. The van der Waals surface area contributed by atoms with Crippen molar-refractivity contribution in [1.82, 2.24) is 10.3 Å². The van der Waals surface area contributed by atoms with E-state index < -0.39 is 5.82 Å². The third kappa shape index (κ3) is 3.61. The van der Waals surface area contributed by atoms with Crippen molar-refractivity contribution in [3.05, 3.63) is 90.0 Å². The van der Waals surface area contributed by atoms with Gasteiger partial charge in [0.1, 0.15) is 5.82 Å². The van der Waals surface area contributed by atoms with Crippen molar-refractivity contribution >= 4 is 5.91 Å². The van der Waals surface area contributed by atoms with Gasteiger partial charge in [0.25, 0.3) is 5.91 Å². The average molecular weight is 306 g/mol. The lowest BCUT2D eigenvalue weighted by atomic mass is 10.0. The zero-order chi connectivity index (χ0) is 16.1. The molecule has 0 fully saturated rings. The van der Waals surface area contributed by atoms with Crippen LogP contribution in [0.25, 0.3) is 11.1 Å². The fourth-order valence-corrected chi connectivity index (χ4v) is 2.28. The summed E-state index contributed by atoms with van der Waals surface area (Å²) in [6, 6.07) is 19.2. The highest BCUT2D eigenvalue weighted by Crippen LogP contribution is 2.23. The number of nitrogens with one attached hydrogen (secondary N) is 1. The quantitative estimate of drug-likeness (QED) is 0.796. The molecule has 1 N–H and O–H groups in total. The van der Waals surface area contributed by atoms with E-state index in [1.165, 1.54) is 6.07 Å². The van der Waals surface area contributed by atoms with Crippen LogP contribution in [0.5, 0.6) is 0 Å². The molecule has 0 aliphatic rings. The normalized spacial score (nSPS) is 10.3. The highest BCUT2D eigenvalue weighted by atomic mass is 19.1. The number of carbonyl (C=O) groups excluding carboxylic acids is 1. The van der Waals surface area contributed by atoms with Gasteiger partial charge in [-0.1, -0.05) is 42.5 Å². The van der Waals surface area contributed by atoms with Crippen molar-refractivity contribution in [2.24, 2.45) is 0 Å².